The van der Waals surface area contributed by atoms with E-state index in [4.69, 9.17) is 11.6 Å². The highest BCUT2D eigenvalue weighted by atomic mass is 35.5. The van der Waals surface area contributed by atoms with Crippen molar-refractivity contribution >= 4 is 29.2 Å². The Kier molecular flexibility index (Phi) is 5.63. The van der Waals surface area contributed by atoms with E-state index in [1.807, 2.05) is 0 Å². The molecule has 1 aromatic carbocycles. The van der Waals surface area contributed by atoms with Crippen LogP contribution in [0.3, 0.4) is 0 Å². The number of halogens is 1. The lowest BCUT2D eigenvalue weighted by atomic mass is 10.3. The first-order valence-electron chi connectivity index (χ1n) is 7.19. The zero-order valence-electron chi connectivity index (χ0n) is 12.9. The first kappa shape index (κ1) is 16.6. The molecule has 120 valence electrons. The second-order valence-corrected chi connectivity index (χ2v) is 5.93. The summed E-state index contributed by atoms with van der Waals surface area (Å²) < 4.78 is 0. The number of rotatable bonds is 3. The van der Waals surface area contributed by atoms with Gasteiger partial charge in [-0.2, -0.15) is 0 Å². The minimum atomic E-state index is -0.138. The zero-order chi connectivity index (χ0) is 16.1. The molecule has 1 N–H and O–H groups in total. The van der Waals surface area contributed by atoms with Crippen molar-refractivity contribution in [2.45, 2.75) is 0 Å². The summed E-state index contributed by atoms with van der Waals surface area (Å²) >= 11 is 5.90. The molecule has 0 unspecified atom stereocenters. The van der Waals surface area contributed by atoms with Gasteiger partial charge in [-0.3, -0.25) is 9.69 Å². The number of nitrogens with one attached hydrogen (secondary N) is 1. The molecule has 0 saturated carbocycles. The lowest BCUT2D eigenvalue weighted by Gasteiger charge is -2.34. The molecule has 0 spiro atoms. The molecule has 0 radical (unpaired) electrons. The van der Waals surface area contributed by atoms with E-state index in [0.717, 1.165) is 0 Å². The van der Waals surface area contributed by atoms with Gasteiger partial charge in [0.15, 0.2) is 0 Å². The Morgan fingerprint density at radius 3 is 2.50 bits per heavy atom. The van der Waals surface area contributed by atoms with E-state index in [2.05, 4.69) is 10.2 Å². The van der Waals surface area contributed by atoms with Crippen LogP contribution in [0.25, 0.3) is 0 Å². The van der Waals surface area contributed by atoms with Crippen molar-refractivity contribution < 1.29 is 9.59 Å². The van der Waals surface area contributed by atoms with Crippen molar-refractivity contribution in [1.82, 2.24) is 14.7 Å². The van der Waals surface area contributed by atoms with Gasteiger partial charge in [-0.25, -0.2) is 4.79 Å². The highest BCUT2D eigenvalue weighted by Gasteiger charge is 2.22. The van der Waals surface area contributed by atoms with Crippen LogP contribution in [0.5, 0.6) is 0 Å². The fourth-order valence-electron chi connectivity index (χ4n) is 2.21. The number of carbonyl (C=O) groups is 2. The van der Waals surface area contributed by atoms with Gasteiger partial charge in [-0.05, 0) is 18.2 Å². The van der Waals surface area contributed by atoms with Crippen molar-refractivity contribution in [3.63, 3.8) is 0 Å². The quantitative estimate of drug-likeness (QED) is 0.918. The third-order valence-corrected chi connectivity index (χ3v) is 3.83. The Balaban J connectivity index is 1.81. The average molecular weight is 325 g/mol. The van der Waals surface area contributed by atoms with E-state index in [1.54, 1.807) is 48.2 Å². The Morgan fingerprint density at radius 1 is 1.23 bits per heavy atom. The van der Waals surface area contributed by atoms with Crippen molar-refractivity contribution in [2.75, 3.05) is 52.1 Å². The normalized spacial score (nSPS) is 15.5. The first-order chi connectivity index (χ1) is 10.5. The molecule has 0 atom stereocenters. The van der Waals surface area contributed by atoms with Crippen molar-refractivity contribution in [3.05, 3.63) is 29.3 Å². The van der Waals surface area contributed by atoms with Gasteiger partial charge in [-0.1, -0.05) is 17.7 Å². The third kappa shape index (κ3) is 4.61. The van der Waals surface area contributed by atoms with Crippen LogP contribution in [0.15, 0.2) is 24.3 Å². The summed E-state index contributed by atoms with van der Waals surface area (Å²) in [4.78, 5) is 29.3. The van der Waals surface area contributed by atoms with Crippen LogP contribution in [0.4, 0.5) is 10.5 Å². The van der Waals surface area contributed by atoms with E-state index in [0.29, 0.717) is 43.4 Å². The molecular weight excluding hydrogens is 304 g/mol. The molecule has 1 saturated heterocycles. The molecule has 1 aliphatic rings. The number of hydrogen-bond donors (Lipinski definition) is 1. The lowest BCUT2D eigenvalue weighted by Crippen LogP contribution is -2.52. The maximum atomic E-state index is 12.2. The molecule has 1 fully saturated rings. The lowest BCUT2D eigenvalue weighted by molar-refractivity contribution is -0.130. The molecule has 3 amide bonds. The van der Waals surface area contributed by atoms with Crippen LogP contribution in [-0.4, -0.2) is 73.5 Å². The summed E-state index contributed by atoms with van der Waals surface area (Å²) in [5, 5.41) is 3.42. The molecule has 0 aliphatic carbocycles. The fourth-order valence-corrected chi connectivity index (χ4v) is 2.40. The molecule has 6 nitrogen and oxygen atoms in total. The monoisotopic (exact) mass is 324 g/mol. The Labute approximate surface area is 135 Å². The number of likely N-dealkylation sites (N-methyl/N-ethyl adjacent to an activating group) is 1. The minimum Gasteiger partial charge on any atom is -0.348 e. The van der Waals surface area contributed by atoms with Crippen molar-refractivity contribution in [1.29, 1.82) is 0 Å². The number of amides is 3. The van der Waals surface area contributed by atoms with Crippen molar-refractivity contribution in [2.24, 2.45) is 0 Å². The molecule has 22 heavy (non-hydrogen) atoms. The van der Waals surface area contributed by atoms with Gasteiger partial charge < -0.3 is 15.1 Å². The molecule has 7 heteroatoms. The summed E-state index contributed by atoms with van der Waals surface area (Å²) in [6.45, 7) is 3.00. The second-order valence-electron chi connectivity index (χ2n) is 5.49. The molecule has 1 aliphatic heterocycles. The Morgan fingerprint density at radius 2 is 1.91 bits per heavy atom. The first-order valence-corrected chi connectivity index (χ1v) is 7.57. The number of nitrogens with zero attached hydrogens (tertiary/aromatic N) is 3. The van der Waals surface area contributed by atoms with E-state index in [9.17, 15) is 9.59 Å². The van der Waals surface area contributed by atoms with Gasteiger partial charge in [-0.15, -0.1) is 0 Å². The van der Waals surface area contributed by atoms with Gasteiger partial charge in [0.05, 0.1) is 6.54 Å². The largest absolute Gasteiger partial charge is 0.348 e. The van der Waals surface area contributed by atoms with Crippen LogP contribution in [0.2, 0.25) is 5.02 Å². The Hall–Kier alpha value is -1.79. The van der Waals surface area contributed by atoms with Crippen LogP contribution in [0.1, 0.15) is 0 Å². The summed E-state index contributed by atoms with van der Waals surface area (Å²) in [6, 6.07) is 6.93. The third-order valence-electron chi connectivity index (χ3n) is 3.59. The number of hydrogen-bond acceptors (Lipinski definition) is 3. The predicted molar refractivity (Wildman–Crippen MR) is 87.2 cm³/mol. The van der Waals surface area contributed by atoms with Crippen molar-refractivity contribution in [3.8, 4) is 0 Å². The molecule has 1 heterocycles. The number of anilines is 1. The summed E-state index contributed by atoms with van der Waals surface area (Å²) in [7, 11) is 3.49. The van der Waals surface area contributed by atoms with Crippen LogP contribution in [-0.2, 0) is 4.79 Å². The van der Waals surface area contributed by atoms with Gasteiger partial charge >= 0.3 is 6.03 Å². The van der Waals surface area contributed by atoms with Crippen LogP contribution in [0, 0.1) is 0 Å². The smallest absolute Gasteiger partial charge is 0.321 e. The van der Waals surface area contributed by atoms with Gasteiger partial charge in [0.2, 0.25) is 5.91 Å². The SMILES string of the molecule is CN(C)C(=O)CN1CCN(C(=O)Nc2cccc(Cl)c2)CC1. The van der Waals surface area contributed by atoms with Gasteiger partial charge in [0.1, 0.15) is 0 Å². The molecular formula is C15H21ClN4O2. The molecule has 2 rings (SSSR count). The van der Waals surface area contributed by atoms with Crippen LogP contribution < -0.4 is 5.32 Å². The standard InChI is InChI=1S/C15H21ClN4O2/c1-18(2)14(21)11-19-6-8-20(9-7-19)15(22)17-13-5-3-4-12(16)10-13/h3-5,10H,6-9,11H2,1-2H3,(H,17,22). The van der Waals surface area contributed by atoms with E-state index >= 15 is 0 Å². The highest BCUT2D eigenvalue weighted by Crippen LogP contribution is 2.15. The van der Waals surface area contributed by atoms with E-state index in [1.165, 1.54) is 0 Å². The van der Waals surface area contributed by atoms with Gasteiger partial charge in [0.25, 0.3) is 0 Å². The maximum absolute atomic E-state index is 12.2. The fraction of sp³-hybridized carbons (Fsp3) is 0.467. The Bertz CT molecular complexity index is 542. The minimum absolute atomic E-state index is 0.0804. The summed E-state index contributed by atoms with van der Waals surface area (Å²) in [5.74, 6) is 0.0804. The topological polar surface area (TPSA) is 55.9 Å². The number of benzene rings is 1. The number of urea groups is 1. The number of carbonyl (C=O) groups excluding carboxylic acids is 2. The molecule has 0 bridgehead atoms. The van der Waals surface area contributed by atoms with Crippen LogP contribution >= 0.6 is 11.6 Å². The molecule has 0 aromatic heterocycles. The molecule has 1 aromatic rings. The predicted octanol–water partition coefficient (Wildman–Crippen LogP) is 1.58. The van der Waals surface area contributed by atoms with E-state index < -0.39 is 0 Å². The average Bonchev–Trinajstić information content (AvgIpc) is 2.47. The zero-order valence-corrected chi connectivity index (χ0v) is 13.6. The second kappa shape index (κ2) is 7.47. The number of piperazine rings is 1. The summed E-state index contributed by atoms with van der Waals surface area (Å²) in [6.07, 6.45) is 0. The van der Waals surface area contributed by atoms with Gasteiger partial charge in [0, 0.05) is 51.0 Å². The highest BCUT2D eigenvalue weighted by molar-refractivity contribution is 6.30. The van der Waals surface area contributed by atoms with E-state index in [-0.39, 0.29) is 11.9 Å². The summed E-state index contributed by atoms with van der Waals surface area (Å²) in [5.41, 5.74) is 0.683. The maximum Gasteiger partial charge on any atom is 0.321 e.